The summed E-state index contributed by atoms with van der Waals surface area (Å²) >= 11 is 6.64. The van der Waals surface area contributed by atoms with Gasteiger partial charge in [0, 0.05) is 11.5 Å². The zero-order chi connectivity index (χ0) is 20.9. The van der Waals surface area contributed by atoms with E-state index in [2.05, 4.69) is 15.0 Å². The molecule has 0 aliphatic heterocycles. The van der Waals surface area contributed by atoms with Crippen LogP contribution in [0, 0.1) is 0 Å². The molecule has 0 aliphatic rings. The van der Waals surface area contributed by atoms with Crippen molar-refractivity contribution >= 4 is 40.1 Å². The lowest BCUT2D eigenvalue weighted by atomic mass is 10.1. The Morgan fingerprint density at radius 1 is 1.07 bits per heavy atom. The summed E-state index contributed by atoms with van der Waals surface area (Å²) in [7, 11) is 0. The number of rotatable bonds is 3. The Bertz CT molecular complexity index is 1040. The first-order valence-electron chi connectivity index (χ1n) is 7.39. The summed E-state index contributed by atoms with van der Waals surface area (Å²) in [6, 6.07) is 1.69. The van der Waals surface area contributed by atoms with E-state index in [1.165, 1.54) is 6.92 Å². The second-order valence-corrected chi connectivity index (χ2v) is 7.25. The van der Waals surface area contributed by atoms with Gasteiger partial charge in [-0.2, -0.15) is 26.3 Å². The fraction of sp³-hybridized carbons (Fsp3) is 0.267. The summed E-state index contributed by atoms with van der Waals surface area (Å²) in [6.07, 6.45) is -8.88. The minimum absolute atomic E-state index is 0.0778. The van der Waals surface area contributed by atoms with E-state index < -0.39 is 34.7 Å². The van der Waals surface area contributed by atoms with Crippen molar-refractivity contribution in [3.05, 3.63) is 40.5 Å². The standard InChI is InChI=1S/C15H9ClF6N4OS/c1-5(28-13-25-9(15(20,21)22)3-10(23)26-13)8-2-6-7(14(17,18)19)4-27-11(6)12(16)24-8/h2-5H,1H3,(H2,23,25,26). The topological polar surface area (TPSA) is 77.8 Å². The second kappa shape index (κ2) is 6.99. The molecular formula is C15H9ClF6N4OS. The molecule has 5 nitrogen and oxygen atoms in total. The molecule has 28 heavy (non-hydrogen) atoms. The molecule has 0 fully saturated rings. The molecule has 0 bridgehead atoms. The lowest BCUT2D eigenvalue weighted by Gasteiger charge is -2.13. The summed E-state index contributed by atoms with van der Waals surface area (Å²) < 4.78 is 82.7. The quantitative estimate of drug-likeness (QED) is 0.241. The van der Waals surface area contributed by atoms with Gasteiger partial charge in [-0.25, -0.2) is 15.0 Å². The molecule has 0 saturated carbocycles. The number of anilines is 1. The van der Waals surface area contributed by atoms with Crippen LogP contribution >= 0.6 is 23.4 Å². The highest BCUT2D eigenvalue weighted by molar-refractivity contribution is 7.99. The molecule has 0 amide bonds. The number of alkyl halides is 6. The van der Waals surface area contributed by atoms with Crippen molar-refractivity contribution in [3.63, 3.8) is 0 Å². The fourth-order valence-electron chi connectivity index (χ4n) is 2.30. The summed E-state index contributed by atoms with van der Waals surface area (Å²) in [4.78, 5) is 11.1. The van der Waals surface area contributed by atoms with Crippen molar-refractivity contribution in [2.24, 2.45) is 0 Å². The maximum atomic E-state index is 13.1. The highest BCUT2D eigenvalue weighted by Crippen LogP contribution is 2.41. The largest absolute Gasteiger partial charge is 0.460 e. The molecule has 0 aliphatic carbocycles. The third-order valence-electron chi connectivity index (χ3n) is 3.56. The number of nitrogens with two attached hydrogens (primary N) is 1. The van der Waals surface area contributed by atoms with E-state index in [9.17, 15) is 26.3 Å². The highest BCUT2D eigenvalue weighted by Gasteiger charge is 2.36. The van der Waals surface area contributed by atoms with E-state index in [0.717, 1.165) is 17.8 Å². The van der Waals surface area contributed by atoms with Gasteiger partial charge in [0.2, 0.25) is 0 Å². The molecule has 3 heterocycles. The molecule has 2 N–H and O–H groups in total. The molecule has 3 aromatic rings. The first kappa shape index (κ1) is 20.5. The van der Waals surface area contributed by atoms with Crippen LogP contribution in [0.25, 0.3) is 11.0 Å². The smallest absolute Gasteiger partial charge is 0.433 e. The minimum atomic E-state index is -4.73. The van der Waals surface area contributed by atoms with Gasteiger partial charge in [0.05, 0.1) is 10.9 Å². The van der Waals surface area contributed by atoms with Gasteiger partial charge in [0.25, 0.3) is 0 Å². The van der Waals surface area contributed by atoms with Crippen LogP contribution in [0.2, 0.25) is 5.15 Å². The predicted molar refractivity (Wildman–Crippen MR) is 89.7 cm³/mol. The van der Waals surface area contributed by atoms with Crippen molar-refractivity contribution in [2.75, 3.05) is 5.73 Å². The van der Waals surface area contributed by atoms with Crippen molar-refractivity contribution in [1.29, 1.82) is 0 Å². The molecule has 3 rings (SSSR count). The van der Waals surface area contributed by atoms with Gasteiger partial charge in [-0.1, -0.05) is 23.4 Å². The summed E-state index contributed by atoms with van der Waals surface area (Å²) in [5, 5.41) is -1.65. The van der Waals surface area contributed by atoms with Crippen LogP contribution in [0.1, 0.15) is 29.1 Å². The van der Waals surface area contributed by atoms with Gasteiger partial charge in [-0.3, -0.25) is 0 Å². The number of nitrogens with zero attached hydrogens (tertiary/aromatic N) is 3. The van der Waals surface area contributed by atoms with Crippen LogP contribution in [-0.2, 0) is 12.4 Å². The van der Waals surface area contributed by atoms with E-state index in [-0.39, 0.29) is 27.0 Å². The lowest BCUT2D eigenvalue weighted by Crippen LogP contribution is -2.11. The minimum Gasteiger partial charge on any atom is -0.460 e. The number of thioether (sulfide) groups is 1. The molecule has 1 atom stereocenters. The molecule has 3 aromatic heterocycles. The van der Waals surface area contributed by atoms with E-state index in [1.54, 1.807) is 0 Å². The van der Waals surface area contributed by atoms with E-state index >= 15 is 0 Å². The molecule has 13 heteroatoms. The van der Waals surface area contributed by atoms with Gasteiger partial charge < -0.3 is 10.2 Å². The molecule has 1 unspecified atom stereocenters. The van der Waals surface area contributed by atoms with Crippen molar-refractivity contribution in [2.45, 2.75) is 29.7 Å². The summed E-state index contributed by atoms with van der Waals surface area (Å²) in [6.45, 7) is 1.50. The molecule has 150 valence electrons. The number of hydrogen-bond donors (Lipinski definition) is 1. The van der Waals surface area contributed by atoms with Crippen LogP contribution in [0.3, 0.4) is 0 Å². The molecule has 0 spiro atoms. The zero-order valence-electron chi connectivity index (χ0n) is 13.7. The SMILES string of the molecule is CC(Sc1nc(N)cc(C(F)(F)F)n1)c1cc2c(C(F)(F)F)coc2c(Cl)n1. The van der Waals surface area contributed by atoms with Gasteiger partial charge in [0.1, 0.15) is 17.6 Å². The normalized spacial score (nSPS) is 13.9. The van der Waals surface area contributed by atoms with Gasteiger partial charge in [-0.05, 0) is 13.0 Å². The van der Waals surface area contributed by atoms with E-state index in [1.807, 2.05) is 0 Å². The monoisotopic (exact) mass is 442 g/mol. The predicted octanol–water partition coefficient (Wildman–Crippen LogP) is 5.74. The second-order valence-electron chi connectivity index (χ2n) is 5.58. The Labute approximate surface area is 162 Å². The Hall–Kier alpha value is -2.21. The highest BCUT2D eigenvalue weighted by atomic mass is 35.5. The Balaban J connectivity index is 1.98. The van der Waals surface area contributed by atoms with Gasteiger partial charge >= 0.3 is 12.4 Å². The number of hydrogen-bond acceptors (Lipinski definition) is 6. The van der Waals surface area contributed by atoms with Gasteiger partial charge in [0.15, 0.2) is 21.6 Å². The van der Waals surface area contributed by atoms with E-state index in [0.29, 0.717) is 12.3 Å². The molecular weight excluding hydrogens is 434 g/mol. The van der Waals surface area contributed by atoms with Crippen LogP contribution in [0.15, 0.2) is 28.0 Å². The third kappa shape index (κ3) is 4.12. The number of nitrogen functional groups attached to an aromatic ring is 1. The Kier molecular flexibility index (Phi) is 5.13. The third-order valence-corrected chi connectivity index (χ3v) is 4.80. The number of furan rings is 1. The zero-order valence-corrected chi connectivity index (χ0v) is 15.3. The fourth-order valence-corrected chi connectivity index (χ4v) is 3.41. The van der Waals surface area contributed by atoms with Crippen molar-refractivity contribution < 1.29 is 30.8 Å². The first-order valence-corrected chi connectivity index (χ1v) is 8.65. The maximum Gasteiger partial charge on any atom is 0.433 e. The Morgan fingerprint density at radius 3 is 2.36 bits per heavy atom. The summed E-state index contributed by atoms with van der Waals surface area (Å²) in [5.41, 5.74) is 2.95. The van der Waals surface area contributed by atoms with E-state index in [4.69, 9.17) is 21.8 Å². The van der Waals surface area contributed by atoms with Crippen LogP contribution < -0.4 is 5.73 Å². The molecule has 0 radical (unpaired) electrons. The number of fused-ring (bicyclic) bond motifs is 1. The van der Waals surface area contributed by atoms with Crippen LogP contribution in [0.4, 0.5) is 32.2 Å². The first-order chi connectivity index (χ1) is 12.9. The average molecular weight is 443 g/mol. The van der Waals surface area contributed by atoms with Gasteiger partial charge in [-0.15, -0.1) is 0 Å². The van der Waals surface area contributed by atoms with Crippen LogP contribution in [0.5, 0.6) is 0 Å². The number of pyridine rings is 1. The summed E-state index contributed by atoms with van der Waals surface area (Å²) in [5.74, 6) is -0.396. The number of aromatic nitrogens is 3. The van der Waals surface area contributed by atoms with Crippen molar-refractivity contribution in [3.8, 4) is 0 Å². The maximum absolute atomic E-state index is 13.1. The van der Waals surface area contributed by atoms with Crippen LogP contribution in [-0.4, -0.2) is 15.0 Å². The average Bonchev–Trinajstić information content (AvgIpc) is 2.98. The molecule has 0 saturated heterocycles. The lowest BCUT2D eigenvalue weighted by molar-refractivity contribution is -0.141. The number of halogens is 7. The van der Waals surface area contributed by atoms with Crippen molar-refractivity contribution in [1.82, 2.24) is 15.0 Å². The Morgan fingerprint density at radius 2 is 1.75 bits per heavy atom. The molecule has 0 aromatic carbocycles.